The highest BCUT2D eigenvalue weighted by molar-refractivity contribution is 14.0. The highest BCUT2D eigenvalue weighted by Gasteiger charge is 2.35. The molecule has 1 fully saturated rings. The average Bonchev–Trinajstić information content (AvgIpc) is 3.10. The van der Waals surface area contributed by atoms with E-state index in [2.05, 4.69) is 60.4 Å². The number of halogens is 1. The van der Waals surface area contributed by atoms with Gasteiger partial charge in [-0.3, -0.25) is 4.99 Å². The molecule has 0 radical (unpaired) electrons. The minimum absolute atomic E-state index is 0. The first-order valence-corrected chi connectivity index (χ1v) is 10.2. The van der Waals surface area contributed by atoms with E-state index in [1.165, 1.54) is 6.42 Å². The van der Waals surface area contributed by atoms with Crippen molar-refractivity contribution in [1.82, 2.24) is 20.8 Å². The summed E-state index contributed by atoms with van der Waals surface area (Å²) in [6, 6.07) is 0. The zero-order valence-corrected chi connectivity index (χ0v) is 20.6. The highest BCUT2D eigenvalue weighted by Crippen LogP contribution is 2.33. The molecule has 0 aromatic carbocycles. The minimum Gasteiger partial charge on any atom is -0.377 e. The number of ether oxygens (including phenoxy) is 1. The molecular weight excluding hydrogens is 469 g/mol. The quantitative estimate of drug-likeness (QED) is 0.253. The Morgan fingerprint density at radius 2 is 2.04 bits per heavy atom. The SMILES string of the molecule is CN=C(NCCCc1nc(C(C)C)no1)NCC1CCCOC1C(C)(C)C.I. The van der Waals surface area contributed by atoms with E-state index in [4.69, 9.17) is 9.26 Å². The molecule has 7 nitrogen and oxygen atoms in total. The van der Waals surface area contributed by atoms with Crippen LogP contribution >= 0.6 is 24.0 Å². The van der Waals surface area contributed by atoms with Crippen LogP contribution in [0.5, 0.6) is 0 Å². The number of guanidine groups is 1. The minimum atomic E-state index is 0. The van der Waals surface area contributed by atoms with Crippen LogP contribution < -0.4 is 10.6 Å². The van der Waals surface area contributed by atoms with E-state index in [9.17, 15) is 0 Å². The van der Waals surface area contributed by atoms with Crippen LogP contribution in [0.4, 0.5) is 0 Å². The van der Waals surface area contributed by atoms with Gasteiger partial charge in [-0.2, -0.15) is 4.98 Å². The Kier molecular flexibility index (Phi) is 10.7. The number of rotatable bonds is 7. The Balaban J connectivity index is 0.00000392. The van der Waals surface area contributed by atoms with Crippen LogP contribution in [0.15, 0.2) is 9.52 Å². The Bertz CT molecular complexity index is 598. The number of nitrogens with one attached hydrogen (secondary N) is 2. The van der Waals surface area contributed by atoms with E-state index in [1.807, 2.05) is 0 Å². The number of nitrogens with zero attached hydrogens (tertiary/aromatic N) is 3. The monoisotopic (exact) mass is 507 g/mol. The standard InChI is InChI=1S/C20H37N5O2.HI/c1-14(2)18-24-16(27-25-18)10-7-11-22-19(21-6)23-13-15-9-8-12-26-17(15)20(3,4)5;/h14-15,17H,7-13H2,1-6H3,(H2,21,22,23);1H. The summed E-state index contributed by atoms with van der Waals surface area (Å²) in [5.74, 6) is 3.12. The van der Waals surface area contributed by atoms with Crippen molar-refractivity contribution in [2.24, 2.45) is 16.3 Å². The molecule has 1 aromatic heterocycles. The number of hydrogen-bond acceptors (Lipinski definition) is 5. The van der Waals surface area contributed by atoms with Gasteiger partial charge in [0.2, 0.25) is 5.89 Å². The summed E-state index contributed by atoms with van der Waals surface area (Å²) in [7, 11) is 1.81. The fourth-order valence-corrected chi connectivity index (χ4v) is 3.51. The van der Waals surface area contributed by atoms with E-state index in [1.54, 1.807) is 7.05 Å². The second-order valence-electron chi connectivity index (χ2n) is 8.74. The third kappa shape index (κ3) is 7.85. The van der Waals surface area contributed by atoms with Gasteiger partial charge < -0.3 is 19.9 Å². The molecular formula is C20H38IN5O2. The van der Waals surface area contributed by atoms with Crippen molar-refractivity contribution in [2.75, 3.05) is 26.7 Å². The van der Waals surface area contributed by atoms with Crippen LogP contribution in [0.2, 0.25) is 0 Å². The van der Waals surface area contributed by atoms with Crippen molar-refractivity contribution in [3.05, 3.63) is 11.7 Å². The van der Waals surface area contributed by atoms with Gasteiger partial charge in [-0.05, 0) is 24.7 Å². The summed E-state index contributed by atoms with van der Waals surface area (Å²) in [6.07, 6.45) is 4.29. The largest absolute Gasteiger partial charge is 0.377 e. The van der Waals surface area contributed by atoms with E-state index >= 15 is 0 Å². The smallest absolute Gasteiger partial charge is 0.226 e. The molecule has 8 heteroatoms. The highest BCUT2D eigenvalue weighted by atomic mass is 127. The van der Waals surface area contributed by atoms with Gasteiger partial charge in [-0.15, -0.1) is 24.0 Å². The first kappa shape index (κ1) is 25.1. The van der Waals surface area contributed by atoms with E-state index in [0.717, 1.165) is 50.7 Å². The molecule has 2 rings (SSSR count). The predicted molar refractivity (Wildman–Crippen MR) is 123 cm³/mol. The maximum absolute atomic E-state index is 6.06. The topological polar surface area (TPSA) is 84.6 Å². The van der Waals surface area contributed by atoms with E-state index < -0.39 is 0 Å². The van der Waals surface area contributed by atoms with Crippen molar-refractivity contribution in [3.63, 3.8) is 0 Å². The van der Waals surface area contributed by atoms with Crippen LogP contribution in [0, 0.1) is 11.3 Å². The van der Waals surface area contributed by atoms with Crippen molar-refractivity contribution < 1.29 is 9.26 Å². The molecule has 162 valence electrons. The zero-order chi connectivity index (χ0) is 19.9. The third-order valence-electron chi connectivity index (χ3n) is 4.91. The van der Waals surface area contributed by atoms with E-state index in [-0.39, 0.29) is 35.5 Å². The van der Waals surface area contributed by atoms with Crippen LogP contribution in [-0.4, -0.2) is 48.9 Å². The molecule has 0 bridgehead atoms. The third-order valence-corrected chi connectivity index (χ3v) is 4.91. The fourth-order valence-electron chi connectivity index (χ4n) is 3.51. The van der Waals surface area contributed by atoms with Crippen LogP contribution in [0.3, 0.4) is 0 Å². The molecule has 0 aliphatic carbocycles. The lowest BCUT2D eigenvalue weighted by molar-refractivity contribution is -0.0835. The van der Waals surface area contributed by atoms with Gasteiger partial charge in [-0.25, -0.2) is 0 Å². The lowest BCUT2D eigenvalue weighted by Crippen LogP contribution is -2.47. The predicted octanol–water partition coefficient (Wildman–Crippen LogP) is 3.75. The van der Waals surface area contributed by atoms with Crippen molar-refractivity contribution >= 4 is 29.9 Å². The Morgan fingerprint density at radius 3 is 2.64 bits per heavy atom. The Morgan fingerprint density at radius 1 is 1.29 bits per heavy atom. The van der Waals surface area contributed by atoms with Crippen LogP contribution in [0.25, 0.3) is 0 Å². The molecule has 1 aromatic rings. The first-order valence-electron chi connectivity index (χ1n) is 10.2. The van der Waals surface area contributed by atoms with Gasteiger partial charge >= 0.3 is 0 Å². The molecule has 1 saturated heterocycles. The van der Waals surface area contributed by atoms with Crippen LogP contribution in [0.1, 0.15) is 71.5 Å². The molecule has 0 saturated carbocycles. The first-order chi connectivity index (χ1) is 12.8. The summed E-state index contributed by atoms with van der Waals surface area (Å²) in [5.41, 5.74) is 0.155. The number of aliphatic imine (C=N–C) groups is 1. The Labute approximate surface area is 186 Å². The molecule has 1 aliphatic heterocycles. The maximum atomic E-state index is 6.06. The second kappa shape index (κ2) is 11.9. The molecule has 0 amide bonds. The van der Waals surface area contributed by atoms with Crippen molar-refractivity contribution in [2.45, 2.75) is 72.3 Å². The summed E-state index contributed by atoms with van der Waals surface area (Å²) in [5, 5.41) is 10.8. The molecule has 0 spiro atoms. The lowest BCUT2D eigenvalue weighted by atomic mass is 9.78. The van der Waals surface area contributed by atoms with E-state index in [0.29, 0.717) is 17.7 Å². The normalized spacial score (nSPS) is 20.8. The maximum Gasteiger partial charge on any atom is 0.226 e. The van der Waals surface area contributed by atoms with Gasteiger partial charge in [0.1, 0.15) is 0 Å². The molecule has 1 aliphatic rings. The van der Waals surface area contributed by atoms with Gasteiger partial charge in [0.05, 0.1) is 6.10 Å². The fraction of sp³-hybridized carbons (Fsp3) is 0.850. The number of hydrogen-bond donors (Lipinski definition) is 2. The summed E-state index contributed by atoms with van der Waals surface area (Å²) >= 11 is 0. The number of aromatic nitrogens is 2. The number of aryl methyl sites for hydroxylation is 1. The zero-order valence-electron chi connectivity index (χ0n) is 18.2. The van der Waals surface area contributed by atoms with Gasteiger partial charge in [-0.1, -0.05) is 39.8 Å². The van der Waals surface area contributed by atoms with Gasteiger partial charge in [0.15, 0.2) is 11.8 Å². The molecule has 2 atom stereocenters. The second-order valence-corrected chi connectivity index (χ2v) is 8.74. The lowest BCUT2D eigenvalue weighted by Gasteiger charge is -2.40. The molecule has 2 unspecified atom stereocenters. The van der Waals surface area contributed by atoms with Crippen LogP contribution in [-0.2, 0) is 11.2 Å². The molecule has 2 heterocycles. The van der Waals surface area contributed by atoms with Gasteiger partial charge in [0.25, 0.3) is 0 Å². The summed E-state index contributed by atoms with van der Waals surface area (Å²) in [6.45, 7) is 13.5. The van der Waals surface area contributed by atoms with Crippen molar-refractivity contribution in [3.8, 4) is 0 Å². The summed E-state index contributed by atoms with van der Waals surface area (Å²) < 4.78 is 11.3. The average molecular weight is 507 g/mol. The molecule has 2 N–H and O–H groups in total. The molecule has 28 heavy (non-hydrogen) atoms. The Hall–Kier alpha value is -0.900. The van der Waals surface area contributed by atoms with Gasteiger partial charge in [0, 0.05) is 45.0 Å². The van der Waals surface area contributed by atoms with Crippen molar-refractivity contribution in [1.29, 1.82) is 0 Å². The summed E-state index contributed by atoms with van der Waals surface area (Å²) in [4.78, 5) is 8.74.